The number of sulfonamides is 1. The van der Waals surface area contributed by atoms with Gasteiger partial charge in [0.15, 0.2) is 11.6 Å². The van der Waals surface area contributed by atoms with Crippen LogP contribution in [-0.4, -0.2) is 41.1 Å². The standard InChI is InChI=1S/C18H22N4O4S2/c1-12(2)8-16-20-18(26-21-16)13-4-3-7-22(10-13)28(23,24)17-9-14(11-27-17)15-5-6-19-25-15/h5-6,9,11-13H,3-4,7-8,10H2,1-2H3. The monoisotopic (exact) mass is 422 g/mol. The minimum atomic E-state index is -3.59. The summed E-state index contributed by atoms with van der Waals surface area (Å²) < 4.78 is 38.6. The number of hydrogen-bond donors (Lipinski definition) is 0. The lowest BCUT2D eigenvalue weighted by Gasteiger charge is -2.29. The van der Waals surface area contributed by atoms with Crippen LogP contribution in [0.5, 0.6) is 0 Å². The van der Waals surface area contributed by atoms with Crippen molar-refractivity contribution in [3.63, 3.8) is 0 Å². The molecule has 1 atom stereocenters. The number of aromatic nitrogens is 3. The number of piperidine rings is 1. The van der Waals surface area contributed by atoms with E-state index in [9.17, 15) is 8.42 Å². The molecule has 0 radical (unpaired) electrons. The number of rotatable bonds is 6. The topological polar surface area (TPSA) is 102 Å². The fourth-order valence-corrected chi connectivity index (χ4v) is 6.16. The van der Waals surface area contributed by atoms with Crippen LogP contribution in [0.2, 0.25) is 0 Å². The van der Waals surface area contributed by atoms with Gasteiger partial charge in [0, 0.05) is 36.5 Å². The Morgan fingerprint density at radius 3 is 2.96 bits per heavy atom. The van der Waals surface area contributed by atoms with Crippen molar-refractivity contribution >= 4 is 21.4 Å². The van der Waals surface area contributed by atoms with Crippen molar-refractivity contribution in [3.8, 4) is 11.3 Å². The first-order valence-electron chi connectivity index (χ1n) is 9.25. The number of nitrogens with zero attached hydrogens (tertiary/aromatic N) is 4. The molecule has 0 spiro atoms. The van der Waals surface area contributed by atoms with Crippen LogP contribution in [0.3, 0.4) is 0 Å². The maximum atomic E-state index is 13.1. The number of thiophene rings is 1. The van der Waals surface area contributed by atoms with Crippen molar-refractivity contribution in [2.45, 2.75) is 43.2 Å². The highest BCUT2D eigenvalue weighted by Crippen LogP contribution is 2.34. The predicted octanol–water partition coefficient (Wildman–Crippen LogP) is 3.55. The quantitative estimate of drug-likeness (QED) is 0.598. The van der Waals surface area contributed by atoms with Gasteiger partial charge in [0.1, 0.15) is 4.21 Å². The molecule has 1 unspecified atom stereocenters. The molecule has 1 saturated heterocycles. The molecule has 4 rings (SSSR count). The van der Waals surface area contributed by atoms with Crippen LogP contribution in [0.25, 0.3) is 11.3 Å². The van der Waals surface area contributed by atoms with Crippen molar-refractivity contribution in [1.82, 2.24) is 19.6 Å². The van der Waals surface area contributed by atoms with Crippen LogP contribution in [0.4, 0.5) is 0 Å². The van der Waals surface area contributed by atoms with Gasteiger partial charge in [-0.2, -0.15) is 9.29 Å². The van der Waals surface area contributed by atoms with E-state index in [1.54, 1.807) is 17.5 Å². The van der Waals surface area contributed by atoms with Crippen molar-refractivity contribution < 1.29 is 17.5 Å². The lowest BCUT2D eigenvalue weighted by molar-refractivity contribution is 0.265. The minimum absolute atomic E-state index is 0.0781. The largest absolute Gasteiger partial charge is 0.356 e. The first kappa shape index (κ1) is 19.3. The smallest absolute Gasteiger partial charge is 0.252 e. The molecular formula is C18H22N4O4S2. The van der Waals surface area contributed by atoms with E-state index < -0.39 is 10.0 Å². The van der Waals surface area contributed by atoms with E-state index in [2.05, 4.69) is 29.1 Å². The van der Waals surface area contributed by atoms with Gasteiger partial charge in [-0.1, -0.05) is 24.2 Å². The van der Waals surface area contributed by atoms with Crippen LogP contribution in [-0.2, 0) is 16.4 Å². The van der Waals surface area contributed by atoms with E-state index in [1.165, 1.54) is 21.8 Å². The summed E-state index contributed by atoms with van der Waals surface area (Å²) >= 11 is 1.19. The van der Waals surface area contributed by atoms with Gasteiger partial charge in [-0.05, 0) is 24.8 Å². The first-order chi connectivity index (χ1) is 13.4. The Bertz CT molecular complexity index is 1020. The van der Waals surface area contributed by atoms with Gasteiger partial charge >= 0.3 is 0 Å². The molecule has 0 bridgehead atoms. The van der Waals surface area contributed by atoms with Crippen LogP contribution >= 0.6 is 11.3 Å². The molecule has 0 aliphatic carbocycles. The molecule has 1 aliphatic rings. The summed E-state index contributed by atoms with van der Waals surface area (Å²) in [5.74, 6) is 2.12. The normalized spacial score (nSPS) is 18.8. The third-order valence-electron chi connectivity index (χ3n) is 4.70. The Kier molecular flexibility index (Phi) is 5.35. The van der Waals surface area contributed by atoms with Crippen LogP contribution in [0, 0.1) is 5.92 Å². The average molecular weight is 423 g/mol. The molecule has 10 heteroatoms. The third kappa shape index (κ3) is 3.89. The third-order valence-corrected chi connectivity index (χ3v) is 7.98. The molecule has 0 saturated carbocycles. The molecule has 28 heavy (non-hydrogen) atoms. The highest BCUT2D eigenvalue weighted by atomic mass is 32.2. The molecule has 3 aromatic rings. The van der Waals surface area contributed by atoms with Gasteiger partial charge in [-0.25, -0.2) is 8.42 Å². The summed E-state index contributed by atoms with van der Waals surface area (Å²) in [7, 11) is -3.59. The maximum Gasteiger partial charge on any atom is 0.252 e. The summed E-state index contributed by atoms with van der Waals surface area (Å²) in [6, 6.07) is 3.34. The van der Waals surface area contributed by atoms with Crippen LogP contribution in [0.15, 0.2) is 37.0 Å². The van der Waals surface area contributed by atoms with Crippen LogP contribution < -0.4 is 0 Å². The second-order valence-corrected chi connectivity index (χ2v) is 10.5. The van der Waals surface area contributed by atoms with Crippen molar-refractivity contribution in [3.05, 3.63) is 35.4 Å². The molecule has 4 heterocycles. The van der Waals surface area contributed by atoms with Crippen molar-refractivity contribution in [1.29, 1.82) is 0 Å². The van der Waals surface area contributed by atoms with E-state index in [4.69, 9.17) is 9.05 Å². The minimum Gasteiger partial charge on any atom is -0.356 e. The fourth-order valence-electron chi connectivity index (χ4n) is 3.32. The van der Waals surface area contributed by atoms with Gasteiger partial charge in [0.2, 0.25) is 5.89 Å². The maximum absolute atomic E-state index is 13.1. The SMILES string of the molecule is CC(C)Cc1noc(C2CCCN(S(=O)(=O)c3cc(-c4ccno4)cs3)C2)n1. The van der Waals surface area contributed by atoms with E-state index >= 15 is 0 Å². The molecule has 3 aromatic heterocycles. The van der Waals surface area contributed by atoms with Crippen molar-refractivity contribution in [2.75, 3.05) is 13.1 Å². The van der Waals surface area contributed by atoms with Gasteiger partial charge < -0.3 is 9.05 Å². The molecule has 1 fully saturated rings. The molecule has 0 aromatic carbocycles. The fraction of sp³-hybridized carbons (Fsp3) is 0.500. The molecule has 150 valence electrons. The zero-order chi connectivity index (χ0) is 19.7. The first-order valence-corrected chi connectivity index (χ1v) is 11.6. The molecule has 1 aliphatic heterocycles. The Labute approximate surface area is 167 Å². The average Bonchev–Trinajstić information content (AvgIpc) is 3.42. The Morgan fingerprint density at radius 2 is 2.21 bits per heavy atom. The van der Waals surface area contributed by atoms with E-state index in [0.717, 1.165) is 19.3 Å². The van der Waals surface area contributed by atoms with E-state index in [0.29, 0.717) is 46.3 Å². The molecule has 0 amide bonds. The summed E-state index contributed by atoms with van der Waals surface area (Å²) in [6.07, 6.45) is 3.88. The summed E-state index contributed by atoms with van der Waals surface area (Å²) in [5.41, 5.74) is 0.713. The van der Waals surface area contributed by atoms with Crippen molar-refractivity contribution in [2.24, 2.45) is 5.92 Å². The molecular weight excluding hydrogens is 400 g/mol. The van der Waals surface area contributed by atoms with Gasteiger partial charge in [-0.3, -0.25) is 0 Å². The Hall–Kier alpha value is -2.04. The van der Waals surface area contributed by atoms with Gasteiger partial charge in [0.05, 0.1) is 12.1 Å². The highest BCUT2D eigenvalue weighted by Gasteiger charge is 2.34. The zero-order valence-electron chi connectivity index (χ0n) is 15.7. The number of hydrogen-bond acceptors (Lipinski definition) is 8. The summed E-state index contributed by atoms with van der Waals surface area (Å²) in [4.78, 5) is 4.49. The predicted molar refractivity (Wildman–Crippen MR) is 103 cm³/mol. The van der Waals surface area contributed by atoms with Crippen LogP contribution in [0.1, 0.15) is 44.3 Å². The second-order valence-electron chi connectivity index (χ2n) is 7.38. The van der Waals surface area contributed by atoms with E-state index in [-0.39, 0.29) is 5.92 Å². The van der Waals surface area contributed by atoms with E-state index in [1.807, 2.05) is 0 Å². The van der Waals surface area contributed by atoms with Gasteiger partial charge in [-0.15, -0.1) is 11.3 Å². The Morgan fingerprint density at radius 1 is 1.36 bits per heavy atom. The van der Waals surface area contributed by atoms with Gasteiger partial charge in [0.25, 0.3) is 10.0 Å². The lowest BCUT2D eigenvalue weighted by atomic mass is 10.00. The lowest BCUT2D eigenvalue weighted by Crippen LogP contribution is -2.38. The highest BCUT2D eigenvalue weighted by molar-refractivity contribution is 7.91. The summed E-state index contributed by atoms with van der Waals surface area (Å²) in [5, 5.41) is 9.48. The zero-order valence-corrected chi connectivity index (χ0v) is 17.4. The Balaban J connectivity index is 1.51. The second kappa shape index (κ2) is 7.76. The molecule has 8 nitrogen and oxygen atoms in total. The summed E-state index contributed by atoms with van der Waals surface area (Å²) in [6.45, 7) is 5.03. The molecule has 0 N–H and O–H groups in total.